The van der Waals surface area contributed by atoms with Crippen LogP contribution in [0.15, 0.2) is 49.6 Å². The van der Waals surface area contributed by atoms with Crippen LogP contribution in [0.5, 0.6) is 5.75 Å². The number of fused-ring (bicyclic) bond motifs is 1. The molecule has 2 unspecified atom stereocenters. The van der Waals surface area contributed by atoms with Crippen molar-refractivity contribution in [3.8, 4) is 5.75 Å². The standard InChI is InChI=1S/C37H54N4O7/c1-7-17-39(20-19-38-21-23-46-24-22-38)35(45)32-37-16-15-36(9-3,48-37)30(31(37)34(44)41(32)29(25-42)26(5)6)33(43)40(18-8-2)27-11-13-28(14-12-27)47-10-4/h7-8,11-14,26,29-32,42H,1-2,9-10,15-25H2,3-6H3/t29-,30+,31-,32?,36-,37?/m0/s1. The zero-order valence-corrected chi connectivity index (χ0v) is 29.1. The van der Waals surface area contributed by atoms with E-state index in [4.69, 9.17) is 14.2 Å². The van der Waals surface area contributed by atoms with Crippen molar-refractivity contribution < 1.29 is 33.7 Å². The zero-order valence-electron chi connectivity index (χ0n) is 29.1. The Labute approximate surface area is 285 Å². The molecule has 48 heavy (non-hydrogen) atoms. The van der Waals surface area contributed by atoms with E-state index >= 15 is 0 Å². The van der Waals surface area contributed by atoms with Crippen molar-refractivity contribution in [1.29, 1.82) is 0 Å². The molecule has 1 N–H and O–H groups in total. The van der Waals surface area contributed by atoms with E-state index in [0.29, 0.717) is 70.2 Å². The number of ether oxygens (including phenoxy) is 3. The average Bonchev–Trinajstić information content (AvgIpc) is 3.70. The quantitative estimate of drug-likeness (QED) is 0.268. The molecule has 4 aliphatic rings. The third kappa shape index (κ3) is 6.30. The first kappa shape index (κ1) is 36.0. The van der Waals surface area contributed by atoms with Crippen LogP contribution < -0.4 is 9.64 Å². The van der Waals surface area contributed by atoms with Crippen molar-refractivity contribution >= 4 is 23.4 Å². The molecule has 5 rings (SSSR count). The van der Waals surface area contributed by atoms with Crippen molar-refractivity contribution in [2.45, 2.75) is 70.2 Å². The predicted octanol–water partition coefficient (Wildman–Crippen LogP) is 3.12. The van der Waals surface area contributed by atoms with Crippen LogP contribution in [0.1, 0.15) is 47.0 Å². The summed E-state index contributed by atoms with van der Waals surface area (Å²) in [5.41, 5.74) is -1.45. The fourth-order valence-corrected chi connectivity index (χ4v) is 8.50. The molecular formula is C37H54N4O7. The van der Waals surface area contributed by atoms with Gasteiger partial charge in [-0.1, -0.05) is 32.9 Å². The normalized spacial score (nSPS) is 28.8. The van der Waals surface area contributed by atoms with Crippen molar-refractivity contribution in [1.82, 2.24) is 14.7 Å². The number of hydrogen-bond donors (Lipinski definition) is 1. The van der Waals surface area contributed by atoms with Crippen LogP contribution in [0, 0.1) is 17.8 Å². The number of carbonyl (C=O) groups excluding carboxylic acids is 3. The number of rotatable bonds is 16. The first-order valence-corrected chi connectivity index (χ1v) is 17.6. The van der Waals surface area contributed by atoms with Crippen molar-refractivity contribution in [2.24, 2.45) is 17.8 Å². The van der Waals surface area contributed by atoms with E-state index < -0.39 is 35.1 Å². The summed E-state index contributed by atoms with van der Waals surface area (Å²) in [5.74, 6) is -1.89. The Morgan fingerprint density at radius 1 is 1.08 bits per heavy atom. The molecule has 4 fully saturated rings. The largest absolute Gasteiger partial charge is 0.494 e. The minimum atomic E-state index is -1.20. The molecule has 264 valence electrons. The first-order chi connectivity index (χ1) is 23.1. The highest BCUT2D eigenvalue weighted by atomic mass is 16.5. The van der Waals surface area contributed by atoms with E-state index in [1.54, 1.807) is 26.9 Å². The zero-order chi connectivity index (χ0) is 34.6. The van der Waals surface area contributed by atoms with Gasteiger partial charge in [-0.05, 0) is 56.4 Å². The maximum absolute atomic E-state index is 14.9. The lowest BCUT2D eigenvalue weighted by Crippen LogP contribution is -2.60. The number of amides is 3. The van der Waals surface area contributed by atoms with Gasteiger partial charge in [-0.25, -0.2) is 0 Å². The van der Waals surface area contributed by atoms with Gasteiger partial charge in [0.05, 0.1) is 49.9 Å². The van der Waals surface area contributed by atoms with E-state index in [0.717, 1.165) is 13.1 Å². The Bertz CT molecular complexity index is 1330. The number of benzene rings is 1. The fraction of sp³-hybridized carbons (Fsp3) is 0.649. The molecule has 0 aliphatic carbocycles. The molecule has 0 aromatic heterocycles. The number of aliphatic hydroxyl groups excluding tert-OH is 1. The van der Waals surface area contributed by atoms with Gasteiger partial charge in [0.1, 0.15) is 17.4 Å². The number of aliphatic hydroxyl groups is 1. The third-order valence-electron chi connectivity index (χ3n) is 10.9. The van der Waals surface area contributed by atoms with Crippen LogP contribution in [0.3, 0.4) is 0 Å². The number of nitrogens with zero attached hydrogens (tertiary/aromatic N) is 4. The van der Waals surface area contributed by atoms with Crippen molar-refractivity contribution in [2.75, 3.05) is 70.6 Å². The lowest BCUT2D eigenvalue weighted by Gasteiger charge is -2.41. The van der Waals surface area contributed by atoms with Gasteiger partial charge in [0.2, 0.25) is 17.7 Å². The second-order valence-corrected chi connectivity index (χ2v) is 13.8. The Morgan fingerprint density at radius 2 is 1.77 bits per heavy atom. The molecule has 2 bridgehead atoms. The molecule has 0 radical (unpaired) electrons. The van der Waals surface area contributed by atoms with Gasteiger partial charge in [0.15, 0.2) is 0 Å². The average molecular weight is 667 g/mol. The van der Waals surface area contributed by atoms with Crippen LogP contribution in [0.2, 0.25) is 0 Å². The van der Waals surface area contributed by atoms with Crippen molar-refractivity contribution in [3.63, 3.8) is 0 Å². The van der Waals surface area contributed by atoms with E-state index in [1.807, 2.05) is 52.0 Å². The van der Waals surface area contributed by atoms with E-state index in [2.05, 4.69) is 18.1 Å². The van der Waals surface area contributed by atoms with Gasteiger partial charge >= 0.3 is 0 Å². The lowest BCUT2D eigenvalue weighted by atomic mass is 9.64. The Morgan fingerprint density at radius 3 is 2.35 bits per heavy atom. The van der Waals surface area contributed by atoms with Gasteiger partial charge in [-0.3, -0.25) is 19.3 Å². The van der Waals surface area contributed by atoms with Crippen LogP contribution in [-0.4, -0.2) is 127 Å². The van der Waals surface area contributed by atoms with Gasteiger partial charge in [-0.2, -0.15) is 0 Å². The molecule has 1 aromatic carbocycles. The molecule has 11 heteroatoms. The lowest BCUT2D eigenvalue weighted by molar-refractivity contribution is -0.157. The first-order valence-electron chi connectivity index (χ1n) is 17.6. The highest BCUT2D eigenvalue weighted by Gasteiger charge is 2.79. The Kier molecular flexibility index (Phi) is 11.3. The van der Waals surface area contributed by atoms with E-state index in [-0.39, 0.29) is 36.8 Å². The van der Waals surface area contributed by atoms with Crippen molar-refractivity contribution in [3.05, 3.63) is 49.6 Å². The molecule has 1 aromatic rings. The Hall–Kier alpha value is -3.25. The number of anilines is 1. The fourth-order valence-electron chi connectivity index (χ4n) is 8.50. The summed E-state index contributed by atoms with van der Waals surface area (Å²) in [4.78, 5) is 52.0. The van der Waals surface area contributed by atoms with Gasteiger partial charge in [0.25, 0.3) is 0 Å². The Balaban J connectivity index is 1.55. The van der Waals surface area contributed by atoms with Gasteiger partial charge in [0, 0.05) is 45.0 Å². The van der Waals surface area contributed by atoms with Crippen LogP contribution in [0.4, 0.5) is 5.69 Å². The molecule has 4 heterocycles. The van der Waals surface area contributed by atoms with Crippen LogP contribution in [-0.2, 0) is 23.9 Å². The summed E-state index contributed by atoms with van der Waals surface area (Å²) in [7, 11) is 0. The van der Waals surface area contributed by atoms with Crippen LogP contribution in [0.25, 0.3) is 0 Å². The molecule has 4 aliphatic heterocycles. The van der Waals surface area contributed by atoms with E-state index in [9.17, 15) is 19.5 Å². The number of morpholine rings is 1. The number of carbonyl (C=O) groups is 3. The predicted molar refractivity (Wildman–Crippen MR) is 184 cm³/mol. The van der Waals surface area contributed by atoms with Gasteiger partial charge in [-0.15, -0.1) is 13.2 Å². The maximum atomic E-state index is 14.9. The van der Waals surface area contributed by atoms with Gasteiger partial charge < -0.3 is 34.0 Å². The number of likely N-dealkylation sites (tertiary alicyclic amines) is 1. The highest BCUT2D eigenvalue weighted by Crippen LogP contribution is 2.65. The van der Waals surface area contributed by atoms with Crippen LogP contribution >= 0.6 is 0 Å². The maximum Gasteiger partial charge on any atom is 0.248 e. The summed E-state index contributed by atoms with van der Waals surface area (Å²) in [6.45, 7) is 20.4. The smallest absolute Gasteiger partial charge is 0.248 e. The SMILES string of the molecule is C=CCN(CCN1CCOCC1)C(=O)C1N([C@@H](CO)C(C)C)C(=O)[C@@H]2[C@H](C(=O)N(CC=C)c3ccc(OCC)cc3)[C@]3(CC)CCC12O3. The summed E-state index contributed by atoms with van der Waals surface area (Å²) >= 11 is 0. The molecular weight excluding hydrogens is 612 g/mol. The second kappa shape index (κ2) is 15.1. The topological polar surface area (TPSA) is 112 Å². The molecule has 3 amide bonds. The summed E-state index contributed by atoms with van der Waals surface area (Å²) < 4.78 is 18.2. The summed E-state index contributed by atoms with van der Waals surface area (Å²) in [6, 6.07) is 5.73. The molecule has 6 atom stereocenters. The summed E-state index contributed by atoms with van der Waals surface area (Å²) in [6.07, 6.45) is 4.92. The third-order valence-corrected chi connectivity index (χ3v) is 10.9. The molecule has 1 spiro atoms. The minimum absolute atomic E-state index is 0.140. The molecule has 11 nitrogen and oxygen atoms in total. The monoisotopic (exact) mass is 666 g/mol. The van der Waals surface area contributed by atoms with E-state index in [1.165, 1.54) is 0 Å². The second-order valence-electron chi connectivity index (χ2n) is 13.8. The molecule has 4 saturated heterocycles. The summed E-state index contributed by atoms with van der Waals surface area (Å²) in [5, 5.41) is 10.7. The molecule has 0 saturated carbocycles. The number of hydrogen-bond acceptors (Lipinski definition) is 8. The minimum Gasteiger partial charge on any atom is -0.494 e. The highest BCUT2D eigenvalue weighted by molar-refractivity contribution is 6.03.